The first kappa shape index (κ1) is 14.0. The van der Waals surface area contributed by atoms with Crippen LogP contribution in [-0.4, -0.2) is 20.3 Å². The van der Waals surface area contributed by atoms with Gasteiger partial charge in [0.05, 0.1) is 10.2 Å². The van der Waals surface area contributed by atoms with Crippen molar-refractivity contribution >= 4 is 48.9 Å². The minimum atomic E-state index is -0.501. The van der Waals surface area contributed by atoms with Gasteiger partial charge in [0.2, 0.25) is 0 Å². The molecule has 3 heterocycles. The van der Waals surface area contributed by atoms with Gasteiger partial charge in [-0.2, -0.15) is 0 Å². The van der Waals surface area contributed by atoms with Gasteiger partial charge in [-0.05, 0) is 24.6 Å². The number of amides is 1. The molecule has 1 N–H and O–H groups in total. The Morgan fingerprint density at radius 1 is 1.35 bits per heavy atom. The first-order valence-corrected chi connectivity index (χ1v) is 8.45. The Morgan fingerprint density at radius 3 is 3.09 bits per heavy atom. The number of hydrogen-bond acceptors (Lipinski definition) is 6. The minimum Gasteiger partial charge on any atom is -0.298 e. The van der Waals surface area contributed by atoms with Gasteiger partial charge in [-0.25, -0.2) is 9.97 Å². The van der Waals surface area contributed by atoms with Crippen LogP contribution in [0.4, 0.5) is 5.13 Å². The van der Waals surface area contributed by atoms with Crippen LogP contribution in [0.1, 0.15) is 15.9 Å². The first-order valence-electron chi connectivity index (χ1n) is 6.75. The van der Waals surface area contributed by atoms with Crippen LogP contribution >= 0.6 is 22.7 Å². The van der Waals surface area contributed by atoms with E-state index in [1.165, 1.54) is 33.3 Å². The van der Waals surface area contributed by atoms with Gasteiger partial charge < -0.3 is 0 Å². The van der Waals surface area contributed by atoms with Gasteiger partial charge in [-0.3, -0.25) is 19.3 Å². The number of carbonyl (C=O) groups is 1. The molecule has 1 amide bonds. The van der Waals surface area contributed by atoms with Crippen LogP contribution in [-0.2, 0) is 0 Å². The van der Waals surface area contributed by atoms with Gasteiger partial charge in [0.15, 0.2) is 10.1 Å². The number of thiazole rings is 2. The average molecular weight is 342 g/mol. The molecule has 0 radical (unpaired) electrons. The van der Waals surface area contributed by atoms with E-state index in [0.29, 0.717) is 10.1 Å². The van der Waals surface area contributed by atoms with Crippen molar-refractivity contribution in [2.75, 3.05) is 5.32 Å². The third kappa shape index (κ3) is 2.41. The van der Waals surface area contributed by atoms with Crippen LogP contribution < -0.4 is 10.9 Å². The number of fused-ring (bicyclic) bond motifs is 2. The second-order valence-corrected chi connectivity index (χ2v) is 6.88. The summed E-state index contributed by atoms with van der Waals surface area (Å²) in [6.45, 7) is 2.00. The van der Waals surface area contributed by atoms with E-state index in [4.69, 9.17) is 0 Å². The highest BCUT2D eigenvalue weighted by molar-refractivity contribution is 7.22. The molecule has 0 unspecified atom stereocenters. The Hall–Kier alpha value is -2.58. The molecule has 6 nitrogen and oxygen atoms in total. The van der Waals surface area contributed by atoms with Crippen molar-refractivity contribution in [1.29, 1.82) is 0 Å². The lowest BCUT2D eigenvalue weighted by Crippen LogP contribution is -2.25. The maximum Gasteiger partial charge on any atom is 0.271 e. The third-order valence-corrected chi connectivity index (χ3v) is 5.06. The predicted octanol–water partition coefficient (Wildman–Crippen LogP) is 2.93. The van der Waals surface area contributed by atoms with E-state index in [-0.39, 0.29) is 11.1 Å². The smallest absolute Gasteiger partial charge is 0.271 e. The zero-order chi connectivity index (χ0) is 16.0. The molecule has 1 aromatic carbocycles. The Kier molecular flexibility index (Phi) is 3.21. The largest absolute Gasteiger partial charge is 0.298 e. The van der Waals surface area contributed by atoms with Crippen molar-refractivity contribution in [3.05, 3.63) is 57.5 Å². The summed E-state index contributed by atoms with van der Waals surface area (Å²) in [7, 11) is 0. The summed E-state index contributed by atoms with van der Waals surface area (Å²) in [5, 5.41) is 4.90. The minimum absolute atomic E-state index is 0.00339. The molecule has 0 aliphatic carbocycles. The number of carbonyl (C=O) groups excluding carboxylic acids is 1. The molecular weight excluding hydrogens is 332 g/mol. The molecule has 8 heteroatoms. The summed E-state index contributed by atoms with van der Waals surface area (Å²) in [5.74, 6) is -0.501. The monoisotopic (exact) mass is 342 g/mol. The molecule has 4 aromatic rings. The van der Waals surface area contributed by atoms with E-state index >= 15 is 0 Å². The molecular formula is C15H10N4O2S2. The van der Waals surface area contributed by atoms with Crippen LogP contribution in [0.5, 0.6) is 0 Å². The lowest BCUT2D eigenvalue weighted by molar-refractivity contribution is 0.102. The highest BCUT2D eigenvalue weighted by Gasteiger charge is 2.15. The summed E-state index contributed by atoms with van der Waals surface area (Å²) in [6.07, 6.45) is 2.91. The van der Waals surface area contributed by atoms with Crippen molar-refractivity contribution in [1.82, 2.24) is 14.4 Å². The van der Waals surface area contributed by atoms with Crippen molar-refractivity contribution in [3.8, 4) is 0 Å². The first-order chi connectivity index (χ1) is 11.1. The van der Waals surface area contributed by atoms with Gasteiger partial charge in [0.25, 0.3) is 11.5 Å². The van der Waals surface area contributed by atoms with Crippen LogP contribution in [0.2, 0.25) is 0 Å². The SMILES string of the molecule is Cc1ccc2nc(NC(=O)c3cnc4sccn4c3=O)sc2c1. The summed E-state index contributed by atoms with van der Waals surface area (Å²) >= 11 is 2.72. The topological polar surface area (TPSA) is 76.4 Å². The predicted molar refractivity (Wildman–Crippen MR) is 91.6 cm³/mol. The van der Waals surface area contributed by atoms with E-state index < -0.39 is 5.91 Å². The lowest BCUT2D eigenvalue weighted by Gasteiger charge is -2.00. The fraction of sp³-hybridized carbons (Fsp3) is 0.0667. The Balaban J connectivity index is 1.70. The molecule has 0 saturated heterocycles. The number of benzene rings is 1. The molecule has 3 aromatic heterocycles. The Bertz CT molecular complexity index is 1110. The molecule has 0 fully saturated rings. The van der Waals surface area contributed by atoms with Crippen molar-refractivity contribution in [2.24, 2.45) is 0 Å². The lowest BCUT2D eigenvalue weighted by atomic mass is 10.2. The standard InChI is InChI=1S/C15H10N4O2S2/c1-8-2-3-10-11(6-8)23-14(17-10)18-12(20)9-7-16-15-19(13(9)21)4-5-22-15/h2-7H,1H3,(H,17,18,20). The second-order valence-electron chi connectivity index (χ2n) is 4.98. The molecule has 0 atom stereocenters. The maximum atomic E-state index is 12.3. The van der Waals surface area contributed by atoms with Gasteiger partial charge in [0.1, 0.15) is 5.56 Å². The number of aromatic nitrogens is 3. The van der Waals surface area contributed by atoms with E-state index in [1.807, 2.05) is 25.1 Å². The zero-order valence-corrected chi connectivity index (χ0v) is 13.6. The number of nitrogens with one attached hydrogen (secondary N) is 1. The van der Waals surface area contributed by atoms with E-state index in [1.54, 1.807) is 11.6 Å². The highest BCUT2D eigenvalue weighted by Crippen LogP contribution is 2.26. The van der Waals surface area contributed by atoms with Crippen molar-refractivity contribution in [2.45, 2.75) is 6.92 Å². The second kappa shape index (κ2) is 5.25. The fourth-order valence-electron chi connectivity index (χ4n) is 2.23. The van der Waals surface area contributed by atoms with Gasteiger partial charge in [-0.15, -0.1) is 11.3 Å². The van der Waals surface area contributed by atoms with E-state index in [9.17, 15) is 9.59 Å². The normalized spacial score (nSPS) is 11.2. The number of rotatable bonds is 2. The third-order valence-electron chi connectivity index (χ3n) is 3.35. The number of anilines is 1. The molecule has 0 spiro atoms. The summed E-state index contributed by atoms with van der Waals surface area (Å²) < 4.78 is 2.35. The molecule has 0 bridgehead atoms. The molecule has 23 heavy (non-hydrogen) atoms. The zero-order valence-electron chi connectivity index (χ0n) is 11.9. The average Bonchev–Trinajstić information content (AvgIpc) is 3.13. The van der Waals surface area contributed by atoms with E-state index in [0.717, 1.165) is 15.8 Å². The van der Waals surface area contributed by atoms with Crippen molar-refractivity contribution < 1.29 is 4.79 Å². The van der Waals surface area contributed by atoms with Gasteiger partial charge in [-0.1, -0.05) is 17.4 Å². The van der Waals surface area contributed by atoms with Gasteiger partial charge in [0, 0.05) is 17.8 Å². The molecule has 114 valence electrons. The summed E-state index contributed by atoms with van der Waals surface area (Å²) in [6, 6.07) is 5.88. The number of aryl methyl sites for hydroxylation is 1. The highest BCUT2D eigenvalue weighted by atomic mass is 32.1. The van der Waals surface area contributed by atoms with E-state index in [2.05, 4.69) is 15.3 Å². The van der Waals surface area contributed by atoms with Crippen molar-refractivity contribution in [3.63, 3.8) is 0 Å². The van der Waals surface area contributed by atoms with Crippen LogP contribution in [0.3, 0.4) is 0 Å². The number of nitrogens with zero attached hydrogens (tertiary/aromatic N) is 3. The maximum absolute atomic E-state index is 12.3. The quantitative estimate of drug-likeness (QED) is 0.608. The Labute approximate surface area is 138 Å². The number of hydrogen-bond donors (Lipinski definition) is 1. The fourth-order valence-corrected chi connectivity index (χ4v) is 3.86. The van der Waals surface area contributed by atoms with Crippen LogP contribution in [0, 0.1) is 6.92 Å². The van der Waals surface area contributed by atoms with Crippen LogP contribution in [0.25, 0.3) is 15.2 Å². The molecule has 0 aliphatic heterocycles. The molecule has 4 rings (SSSR count). The van der Waals surface area contributed by atoms with Gasteiger partial charge >= 0.3 is 0 Å². The molecule has 0 saturated carbocycles. The summed E-state index contributed by atoms with van der Waals surface area (Å²) in [5.41, 5.74) is 1.56. The molecule has 0 aliphatic rings. The summed E-state index contributed by atoms with van der Waals surface area (Å²) in [4.78, 5) is 33.7. The van der Waals surface area contributed by atoms with Crippen LogP contribution in [0.15, 0.2) is 40.8 Å². The Morgan fingerprint density at radius 2 is 2.22 bits per heavy atom.